The number of halogens is 1. The maximum Gasteiger partial charge on any atom is 0.236 e. The summed E-state index contributed by atoms with van der Waals surface area (Å²) >= 11 is 6.07. The fraction of sp³-hybridized carbons (Fsp3) is 0.375. The van der Waals surface area contributed by atoms with Crippen molar-refractivity contribution in [3.63, 3.8) is 0 Å². The van der Waals surface area contributed by atoms with Crippen LogP contribution in [0.1, 0.15) is 41.7 Å². The summed E-state index contributed by atoms with van der Waals surface area (Å²) in [7, 11) is 1.95. The van der Waals surface area contributed by atoms with Crippen LogP contribution in [0.3, 0.4) is 0 Å². The average Bonchev–Trinajstić information content (AvgIpc) is 3.23. The highest BCUT2D eigenvalue weighted by atomic mass is 35.5. The molecule has 0 bridgehead atoms. The van der Waals surface area contributed by atoms with Crippen molar-refractivity contribution in [1.29, 1.82) is 0 Å². The number of likely N-dealkylation sites (tertiary alicyclic amines) is 1. The van der Waals surface area contributed by atoms with Gasteiger partial charge in [0.15, 0.2) is 5.89 Å². The smallest absolute Gasteiger partial charge is 0.236 e. The van der Waals surface area contributed by atoms with Crippen molar-refractivity contribution in [2.45, 2.75) is 31.7 Å². The quantitative estimate of drug-likeness (QED) is 0.554. The van der Waals surface area contributed by atoms with Gasteiger partial charge >= 0.3 is 0 Å². The summed E-state index contributed by atoms with van der Waals surface area (Å²) in [6.07, 6.45) is 6.15. The number of oxazole rings is 1. The predicted molar refractivity (Wildman–Crippen MR) is 120 cm³/mol. The maximum absolute atomic E-state index is 12.9. The Morgan fingerprint density at radius 3 is 2.97 bits per heavy atom. The molecule has 1 aromatic carbocycles. The van der Waals surface area contributed by atoms with Crippen LogP contribution in [-0.4, -0.2) is 52.4 Å². The van der Waals surface area contributed by atoms with E-state index in [4.69, 9.17) is 16.0 Å². The Kier molecular flexibility index (Phi) is 6.99. The van der Waals surface area contributed by atoms with E-state index in [1.165, 1.54) is 0 Å². The third kappa shape index (κ3) is 5.93. The lowest BCUT2D eigenvalue weighted by Gasteiger charge is -2.32. The van der Waals surface area contributed by atoms with Gasteiger partial charge in [0, 0.05) is 37.3 Å². The van der Waals surface area contributed by atoms with Crippen LogP contribution in [0.25, 0.3) is 0 Å². The first-order chi connectivity index (χ1) is 15.1. The largest absolute Gasteiger partial charge is 0.445 e. The molecule has 3 heterocycles. The lowest BCUT2D eigenvalue weighted by Crippen LogP contribution is -2.43. The summed E-state index contributed by atoms with van der Waals surface area (Å²) in [5, 5.41) is 0.715. The van der Waals surface area contributed by atoms with Gasteiger partial charge in [-0.25, -0.2) is 4.98 Å². The Balaban J connectivity index is 1.33. The topological polar surface area (TPSA) is 62.5 Å². The van der Waals surface area contributed by atoms with Crippen LogP contribution in [0.2, 0.25) is 5.02 Å². The van der Waals surface area contributed by atoms with Gasteiger partial charge in [0.25, 0.3) is 0 Å². The molecule has 2 aromatic heterocycles. The molecule has 0 aliphatic carbocycles. The highest BCUT2D eigenvalue weighted by Gasteiger charge is 2.28. The molecule has 7 heteroatoms. The van der Waals surface area contributed by atoms with E-state index in [1.54, 1.807) is 12.4 Å². The number of benzene rings is 1. The Bertz CT molecular complexity index is 1010. The minimum Gasteiger partial charge on any atom is -0.445 e. The highest BCUT2D eigenvalue weighted by molar-refractivity contribution is 6.30. The van der Waals surface area contributed by atoms with E-state index in [0.29, 0.717) is 31.1 Å². The summed E-state index contributed by atoms with van der Waals surface area (Å²) in [6, 6.07) is 13.6. The van der Waals surface area contributed by atoms with Gasteiger partial charge in [-0.3, -0.25) is 14.7 Å². The number of carbonyl (C=O) groups excluding carboxylic acids is 1. The molecular formula is C24H27ClN4O2. The van der Waals surface area contributed by atoms with Gasteiger partial charge in [-0.05, 0) is 49.7 Å². The Hall–Kier alpha value is -2.70. The maximum atomic E-state index is 12.9. The van der Waals surface area contributed by atoms with Crippen molar-refractivity contribution in [2.75, 3.05) is 26.7 Å². The van der Waals surface area contributed by atoms with Gasteiger partial charge in [-0.1, -0.05) is 29.8 Å². The molecule has 1 amide bonds. The molecule has 0 spiro atoms. The van der Waals surface area contributed by atoms with E-state index < -0.39 is 0 Å². The van der Waals surface area contributed by atoms with E-state index in [9.17, 15) is 4.79 Å². The number of carbonyl (C=O) groups is 1. The van der Waals surface area contributed by atoms with Crippen molar-refractivity contribution >= 4 is 17.5 Å². The Morgan fingerprint density at radius 1 is 1.26 bits per heavy atom. The molecule has 6 nitrogen and oxygen atoms in total. The summed E-state index contributed by atoms with van der Waals surface area (Å²) in [5.74, 6) is 1.80. The zero-order valence-electron chi connectivity index (χ0n) is 17.7. The van der Waals surface area contributed by atoms with Gasteiger partial charge in [0.2, 0.25) is 5.91 Å². The number of pyridine rings is 1. The summed E-state index contributed by atoms with van der Waals surface area (Å²) < 4.78 is 6.04. The van der Waals surface area contributed by atoms with Crippen LogP contribution in [0.5, 0.6) is 0 Å². The van der Waals surface area contributed by atoms with E-state index in [2.05, 4.69) is 9.97 Å². The van der Waals surface area contributed by atoms with E-state index in [-0.39, 0.29) is 11.8 Å². The highest BCUT2D eigenvalue weighted by Crippen LogP contribution is 2.27. The lowest BCUT2D eigenvalue weighted by molar-refractivity contribution is -0.133. The SMILES string of the molecule is CN(CC(=O)N1CCC[C@@H](c2ncc(Cc3cccc(Cl)c3)o2)C1)Cc1ccccn1. The first-order valence-corrected chi connectivity index (χ1v) is 11.0. The predicted octanol–water partition coefficient (Wildman–Crippen LogP) is 4.15. The fourth-order valence-electron chi connectivity index (χ4n) is 4.00. The molecule has 1 saturated heterocycles. The van der Waals surface area contributed by atoms with E-state index in [1.807, 2.05) is 59.3 Å². The molecule has 31 heavy (non-hydrogen) atoms. The van der Waals surface area contributed by atoms with Crippen LogP contribution in [0, 0.1) is 0 Å². The number of rotatable bonds is 7. The van der Waals surface area contributed by atoms with E-state index in [0.717, 1.165) is 42.3 Å². The van der Waals surface area contributed by atoms with E-state index >= 15 is 0 Å². The van der Waals surface area contributed by atoms with Crippen LogP contribution in [-0.2, 0) is 17.8 Å². The van der Waals surface area contributed by atoms with Crippen LogP contribution in [0.15, 0.2) is 59.3 Å². The normalized spacial score (nSPS) is 16.6. The average molecular weight is 439 g/mol. The summed E-state index contributed by atoms with van der Waals surface area (Å²) in [6.45, 7) is 2.45. The van der Waals surface area contributed by atoms with Gasteiger partial charge in [-0.15, -0.1) is 0 Å². The number of hydrogen-bond acceptors (Lipinski definition) is 5. The zero-order valence-corrected chi connectivity index (χ0v) is 18.5. The number of aromatic nitrogens is 2. The molecular weight excluding hydrogens is 412 g/mol. The fourth-order valence-corrected chi connectivity index (χ4v) is 4.21. The summed E-state index contributed by atoms with van der Waals surface area (Å²) in [4.78, 5) is 25.6. The second-order valence-corrected chi connectivity index (χ2v) is 8.58. The number of nitrogens with zero attached hydrogens (tertiary/aromatic N) is 4. The minimum atomic E-state index is 0.131. The molecule has 0 radical (unpaired) electrons. The number of piperidine rings is 1. The number of amides is 1. The van der Waals surface area contributed by atoms with Crippen LogP contribution >= 0.6 is 11.6 Å². The second kappa shape index (κ2) is 10.1. The molecule has 162 valence electrons. The molecule has 4 rings (SSSR count). The number of likely N-dealkylation sites (N-methyl/N-ethyl adjacent to an activating group) is 1. The second-order valence-electron chi connectivity index (χ2n) is 8.14. The van der Waals surface area contributed by atoms with Crippen molar-refractivity contribution in [3.8, 4) is 0 Å². The van der Waals surface area contributed by atoms with Crippen LogP contribution in [0.4, 0.5) is 0 Å². The van der Waals surface area contributed by atoms with Crippen molar-refractivity contribution in [1.82, 2.24) is 19.8 Å². The van der Waals surface area contributed by atoms with Crippen molar-refractivity contribution in [3.05, 3.63) is 82.8 Å². The molecule has 1 aliphatic heterocycles. The molecule has 1 aliphatic rings. The molecule has 0 N–H and O–H groups in total. The molecule has 1 atom stereocenters. The zero-order chi connectivity index (χ0) is 21.6. The molecule has 1 fully saturated rings. The van der Waals surface area contributed by atoms with Crippen LogP contribution < -0.4 is 0 Å². The monoisotopic (exact) mass is 438 g/mol. The first-order valence-electron chi connectivity index (χ1n) is 10.6. The standard InChI is InChI=1S/C24H27ClN4O2/c1-28(16-21-9-2-3-10-26-21)17-23(30)29-11-5-7-19(15-29)24-27-14-22(31-24)13-18-6-4-8-20(25)12-18/h2-4,6,8-10,12,14,19H,5,7,11,13,15-17H2,1H3/t19-/m1/s1. The number of hydrogen-bond donors (Lipinski definition) is 0. The summed E-state index contributed by atoms with van der Waals surface area (Å²) in [5.41, 5.74) is 2.05. The van der Waals surface area contributed by atoms with Crippen molar-refractivity contribution < 1.29 is 9.21 Å². The molecule has 0 unspecified atom stereocenters. The van der Waals surface area contributed by atoms with Gasteiger partial charge in [-0.2, -0.15) is 0 Å². The minimum absolute atomic E-state index is 0.131. The van der Waals surface area contributed by atoms with Gasteiger partial charge < -0.3 is 9.32 Å². The Labute approximate surface area is 187 Å². The Morgan fingerprint density at radius 2 is 2.16 bits per heavy atom. The van der Waals surface area contributed by atoms with Gasteiger partial charge in [0.1, 0.15) is 5.76 Å². The van der Waals surface area contributed by atoms with Crippen molar-refractivity contribution in [2.24, 2.45) is 0 Å². The van der Waals surface area contributed by atoms with Gasteiger partial charge in [0.05, 0.1) is 24.4 Å². The molecule has 0 saturated carbocycles. The third-order valence-corrected chi connectivity index (χ3v) is 5.76. The lowest BCUT2D eigenvalue weighted by atomic mass is 9.98. The first kappa shape index (κ1) is 21.5. The third-order valence-electron chi connectivity index (χ3n) is 5.53. The molecule has 3 aromatic rings.